The van der Waals surface area contributed by atoms with Crippen LogP contribution in [0.1, 0.15) is 43.5 Å². The van der Waals surface area contributed by atoms with E-state index in [1.54, 1.807) is 0 Å². The van der Waals surface area contributed by atoms with Gasteiger partial charge in [0, 0.05) is 17.1 Å². The lowest BCUT2D eigenvalue weighted by Gasteiger charge is -2.12. The third-order valence-corrected chi connectivity index (χ3v) is 2.86. The van der Waals surface area contributed by atoms with E-state index in [1.807, 2.05) is 26.0 Å². The van der Waals surface area contributed by atoms with Crippen LogP contribution in [-0.4, -0.2) is 10.7 Å². The van der Waals surface area contributed by atoms with Crippen LogP contribution in [0.25, 0.3) is 0 Å². The maximum Gasteiger partial charge on any atom is 0.0597 e. The van der Waals surface area contributed by atoms with Gasteiger partial charge in [-0.1, -0.05) is 6.42 Å². The van der Waals surface area contributed by atoms with E-state index in [-0.39, 0.29) is 0 Å². The molecule has 0 aliphatic heterocycles. The van der Waals surface area contributed by atoms with E-state index in [0.29, 0.717) is 0 Å². The minimum Gasteiger partial charge on any atom is -0.278 e. The lowest BCUT2D eigenvalue weighted by Crippen LogP contribution is -2.07. The minimum absolute atomic E-state index is 1.03. The lowest BCUT2D eigenvalue weighted by molar-refractivity contribution is 0.665. The maximum atomic E-state index is 4.47. The summed E-state index contributed by atoms with van der Waals surface area (Å²) < 4.78 is 0. The van der Waals surface area contributed by atoms with Crippen LogP contribution in [0.3, 0.4) is 0 Å². The number of hydrogen-bond acceptors (Lipinski definition) is 3. The summed E-state index contributed by atoms with van der Waals surface area (Å²) in [7, 11) is 0. The number of hydrazone groups is 1. The third-order valence-electron chi connectivity index (χ3n) is 2.86. The molecule has 3 heteroatoms. The Morgan fingerprint density at radius 3 is 2.31 bits per heavy atom. The molecule has 0 bridgehead atoms. The molecule has 0 radical (unpaired) electrons. The first-order valence-electron chi connectivity index (χ1n) is 6.01. The van der Waals surface area contributed by atoms with Gasteiger partial charge in [-0.3, -0.25) is 10.4 Å². The molecule has 0 spiro atoms. The van der Waals surface area contributed by atoms with Gasteiger partial charge >= 0.3 is 0 Å². The summed E-state index contributed by atoms with van der Waals surface area (Å²) in [5.41, 5.74) is 7.56. The van der Waals surface area contributed by atoms with Gasteiger partial charge in [0.25, 0.3) is 0 Å². The molecule has 0 saturated heterocycles. The van der Waals surface area contributed by atoms with Crippen LogP contribution in [0.2, 0.25) is 0 Å². The van der Waals surface area contributed by atoms with E-state index < -0.39 is 0 Å². The summed E-state index contributed by atoms with van der Waals surface area (Å²) >= 11 is 0. The van der Waals surface area contributed by atoms with Gasteiger partial charge in [-0.25, -0.2) is 0 Å². The van der Waals surface area contributed by atoms with E-state index >= 15 is 0 Å². The number of aromatic nitrogens is 1. The van der Waals surface area contributed by atoms with Gasteiger partial charge in [-0.05, 0) is 51.7 Å². The molecule has 16 heavy (non-hydrogen) atoms. The van der Waals surface area contributed by atoms with Crippen molar-refractivity contribution in [2.45, 2.75) is 46.0 Å². The van der Waals surface area contributed by atoms with Crippen molar-refractivity contribution in [3.8, 4) is 0 Å². The zero-order chi connectivity index (χ0) is 11.4. The van der Waals surface area contributed by atoms with Crippen molar-refractivity contribution < 1.29 is 0 Å². The van der Waals surface area contributed by atoms with E-state index in [4.69, 9.17) is 0 Å². The fraction of sp³-hybridized carbons (Fsp3) is 0.538. The smallest absolute Gasteiger partial charge is 0.0597 e. The molecular formula is C13H19N3. The molecule has 0 aromatic carbocycles. The number of nitrogens with zero attached hydrogens (tertiary/aromatic N) is 2. The number of anilines is 1. The van der Waals surface area contributed by atoms with Gasteiger partial charge in [0.1, 0.15) is 0 Å². The number of hydrogen-bond donors (Lipinski definition) is 1. The van der Waals surface area contributed by atoms with Crippen molar-refractivity contribution in [3.05, 3.63) is 23.5 Å². The zero-order valence-electron chi connectivity index (χ0n) is 10.1. The second-order valence-electron chi connectivity index (χ2n) is 4.49. The van der Waals surface area contributed by atoms with Crippen LogP contribution < -0.4 is 5.43 Å². The molecule has 2 rings (SSSR count). The van der Waals surface area contributed by atoms with Crippen LogP contribution in [0.4, 0.5) is 5.69 Å². The molecule has 1 aromatic heterocycles. The van der Waals surface area contributed by atoms with Crippen molar-refractivity contribution in [1.29, 1.82) is 0 Å². The molecule has 1 aliphatic rings. The Hall–Kier alpha value is -1.38. The Morgan fingerprint density at radius 2 is 1.69 bits per heavy atom. The monoisotopic (exact) mass is 217 g/mol. The molecule has 1 fully saturated rings. The molecule has 1 heterocycles. The molecule has 1 aliphatic carbocycles. The first-order chi connectivity index (χ1) is 7.74. The van der Waals surface area contributed by atoms with Crippen LogP contribution in [0.15, 0.2) is 17.2 Å². The van der Waals surface area contributed by atoms with E-state index in [1.165, 1.54) is 25.0 Å². The summed E-state index contributed by atoms with van der Waals surface area (Å²) in [4.78, 5) is 4.34. The van der Waals surface area contributed by atoms with Gasteiger partial charge in [0.2, 0.25) is 0 Å². The van der Waals surface area contributed by atoms with Crippen molar-refractivity contribution >= 4 is 11.4 Å². The third kappa shape index (κ3) is 3.05. The highest BCUT2D eigenvalue weighted by molar-refractivity contribution is 5.85. The SMILES string of the molecule is Cc1cc(NN=C2CCCCC2)cc(C)n1. The van der Waals surface area contributed by atoms with Crippen molar-refractivity contribution in [2.75, 3.05) is 5.43 Å². The van der Waals surface area contributed by atoms with Crippen LogP contribution in [0, 0.1) is 13.8 Å². The predicted octanol–water partition coefficient (Wildman–Crippen LogP) is 3.43. The molecular weight excluding hydrogens is 198 g/mol. The predicted molar refractivity (Wildman–Crippen MR) is 67.9 cm³/mol. The van der Waals surface area contributed by atoms with Crippen molar-refractivity contribution in [1.82, 2.24) is 4.98 Å². The number of rotatable bonds is 2. The number of nitrogens with one attached hydrogen (secondary N) is 1. The molecule has 86 valence electrons. The van der Waals surface area contributed by atoms with Crippen LogP contribution >= 0.6 is 0 Å². The van der Waals surface area contributed by atoms with E-state index in [2.05, 4.69) is 15.5 Å². The Morgan fingerprint density at radius 1 is 1.06 bits per heavy atom. The summed E-state index contributed by atoms with van der Waals surface area (Å²) in [5, 5.41) is 4.47. The first-order valence-corrected chi connectivity index (χ1v) is 6.01. The maximum absolute atomic E-state index is 4.47. The van der Waals surface area contributed by atoms with Gasteiger partial charge in [-0.15, -0.1) is 0 Å². The Balaban J connectivity index is 2.03. The van der Waals surface area contributed by atoms with Crippen LogP contribution in [-0.2, 0) is 0 Å². The van der Waals surface area contributed by atoms with Gasteiger partial charge < -0.3 is 0 Å². The summed E-state index contributed by atoms with van der Waals surface area (Å²) in [6, 6.07) is 4.06. The normalized spacial score (nSPS) is 16.0. The fourth-order valence-corrected chi connectivity index (χ4v) is 2.11. The summed E-state index contributed by atoms with van der Waals surface area (Å²) in [6.45, 7) is 4.01. The van der Waals surface area contributed by atoms with Gasteiger partial charge in [-0.2, -0.15) is 5.10 Å². The molecule has 0 atom stereocenters. The second-order valence-corrected chi connectivity index (χ2v) is 4.49. The standard InChI is InChI=1S/C13H19N3/c1-10-8-13(9-11(2)14-10)16-15-12-6-4-3-5-7-12/h8-9H,3-7H2,1-2H3,(H,14,16). The first kappa shape index (κ1) is 11.1. The summed E-state index contributed by atoms with van der Waals surface area (Å²) in [5.74, 6) is 0. The zero-order valence-corrected chi connectivity index (χ0v) is 10.1. The average molecular weight is 217 g/mol. The molecule has 1 aromatic rings. The van der Waals surface area contributed by atoms with E-state index in [0.717, 1.165) is 29.9 Å². The highest BCUT2D eigenvalue weighted by atomic mass is 15.3. The van der Waals surface area contributed by atoms with Gasteiger partial charge in [0.15, 0.2) is 0 Å². The van der Waals surface area contributed by atoms with Gasteiger partial charge in [0.05, 0.1) is 5.69 Å². The Labute approximate surface area is 97.0 Å². The molecule has 0 amide bonds. The Bertz CT molecular complexity index is 368. The van der Waals surface area contributed by atoms with Crippen molar-refractivity contribution in [2.24, 2.45) is 5.10 Å². The summed E-state index contributed by atoms with van der Waals surface area (Å²) in [6.07, 6.45) is 6.22. The Kier molecular flexibility index (Phi) is 3.54. The molecule has 3 nitrogen and oxygen atoms in total. The average Bonchev–Trinajstić information content (AvgIpc) is 2.27. The number of pyridine rings is 1. The van der Waals surface area contributed by atoms with Crippen LogP contribution in [0.5, 0.6) is 0 Å². The molecule has 1 N–H and O–H groups in total. The highest BCUT2D eigenvalue weighted by Crippen LogP contribution is 2.16. The second kappa shape index (κ2) is 5.10. The fourth-order valence-electron chi connectivity index (χ4n) is 2.11. The topological polar surface area (TPSA) is 37.3 Å². The quantitative estimate of drug-likeness (QED) is 0.770. The minimum atomic E-state index is 1.03. The number of aryl methyl sites for hydroxylation is 2. The molecule has 1 saturated carbocycles. The van der Waals surface area contributed by atoms with E-state index in [9.17, 15) is 0 Å². The largest absolute Gasteiger partial charge is 0.278 e. The van der Waals surface area contributed by atoms with Crippen molar-refractivity contribution in [3.63, 3.8) is 0 Å². The highest BCUT2D eigenvalue weighted by Gasteiger charge is 2.06. The lowest BCUT2D eigenvalue weighted by atomic mass is 9.99. The molecule has 0 unspecified atom stereocenters.